The molecule has 2 rings (SSSR count). The van der Waals surface area contributed by atoms with Crippen LogP contribution in [0.5, 0.6) is 0 Å². The smallest absolute Gasteiger partial charge is 0.225 e. The molecule has 0 saturated carbocycles. The van der Waals surface area contributed by atoms with Crippen LogP contribution in [0.2, 0.25) is 0 Å². The van der Waals surface area contributed by atoms with Crippen LogP contribution in [0.3, 0.4) is 0 Å². The fourth-order valence-corrected chi connectivity index (χ4v) is 3.19. The number of amides is 1. The summed E-state index contributed by atoms with van der Waals surface area (Å²) in [6.07, 6.45) is 2.22. The lowest BCUT2D eigenvalue weighted by atomic mass is 9.96. The minimum Gasteiger partial charge on any atom is -0.357 e. The largest absolute Gasteiger partial charge is 0.357 e. The van der Waals surface area contributed by atoms with Crippen LogP contribution < -0.4 is 16.0 Å². The molecule has 1 aromatic rings. The summed E-state index contributed by atoms with van der Waals surface area (Å²) < 4.78 is 0. The van der Waals surface area contributed by atoms with E-state index < -0.39 is 0 Å². The third kappa shape index (κ3) is 9.80. The van der Waals surface area contributed by atoms with E-state index in [1.54, 1.807) is 0 Å². The van der Waals surface area contributed by atoms with Crippen molar-refractivity contribution in [3.8, 4) is 0 Å². The van der Waals surface area contributed by atoms with Crippen molar-refractivity contribution < 1.29 is 4.79 Å². The SMILES string of the molecule is CCNC(=NCCNC(=O)C(C)(C)C)NC1CCN(Cc2ccccc2)CC1.I. The molecule has 1 aliphatic rings. The third-order valence-corrected chi connectivity index (χ3v) is 4.87. The summed E-state index contributed by atoms with van der Waals surface area (Å²) in [7, 11) is 0. The number of likely N-dealkylation sites (tertiary alicyclic amines) is 1. The fourth-order valence-electron chi connectivity index (χ4n) is 3.19. The maximum Gasteiger partial charge on any atom is 0.225 e. The molecule has 1 amide bonds. The Morgan fingerprint density at radius 1 is 1.14 bits per heavy atom. The van der Waals surface area contributed by atoms with Gasteiger partial charge in [-0.2, -0.15) is 0 Å². The van der Waals surface area contributed by atoms with Crippen molar-refractivity contribution in [1.29, 1.82) is 0 Å². The molecule has 0 aromatic heterocycles. The van der Waals surface area contributed by atoms with Crippen LogP contribution in [0.15, 0.2) is 35.3 Å². The Hall–Kier alpha value is -1.35. The fraction of sp³-hybridized carbons (Fsp3) is 0.636. The number of nitrogens with one attached hydrogen (secondary N) is 3. The van der Waals surface area contributed by atoms with Gasteiger partial charge in [0, 0.05) is 44.2 Å². The first-order valence-electron chi connectivity index (χ1n) is 10.5. The van der Waals surface area contributed by atoms with Gasteiger partial charge in [0.1, 0.15) is 0 Å². The highest BCUT2D eigenvalue weighted by Crippen LogP contribution is 2.14. The Kier molecular flexibility index (Phi) is 11.6. The molecule has 0 bridgehead atoms. The van der Waals surface area contributed by atoms with Crippen LogP contribution in [0.25, 0.3) is 0 Å². The van der Waals surface area contributed by atoms with Crippen molar-refractivity contribution in [2.45, 2.75) is 53.1 Å². The first kappa shape index (κ1) is 25.7. The van der Waals surface area contributed by atoms with Gasteiger partial charge in [-0.25, -0.2) is 0 Å². The molecule has 0 aliphatic carbocycles. The van der Waals surface area contributed by atoms with Crippen LogP contribution in [0.1, 0.15) is 46.1 Å². The zero-order valence-corrected chi connectivity index (χ0v) is 20.7. The summed E-state index contributed by atoms with van der Waals surface area (Å²) in [5.74, 6) is 0.903. The number of halogens is 1. The van der Waals surface area contributed by atoms with Crippen LogP contribution in [0.4, 0.5) is 0 Å². The van der Waals surface area contributed by atoms with Gasteiger partial charge in [-0.3, -0.25) is 14.7 Å². The van der Waals surface area contributed by atoms with Crippen molar-refractivity contribution in [3.63, 3.8) is 0 Å². The monoisotopic (exact) mass is 515 g/mol. The second-order valence-corrected chi connectivity index (χ2v) is 8.45. The molecule has 164 valence electrons. The zero-order valence-electron chi connectivity index (χ0n) is 18.3. The normalized spacial score (nSPS) is 16.1. The van der Waals surface area contributed by atoms with Crippen molar-refractivity contribution in [2.24, 2.45) is 10.4 Å². The standard InChI is InChI=1S/C22H37N5O.HI/c1-5-23-21(25-14-13-24-20(28)22(2,3)4)26-19-11-15-27(16-12-19)17-18-9-7-6-8-10-18;/h6-10,19H,5,11-17H2,1-4H3,(H,24,28)(H2,23,25,26);1H. The molecular weight excluding hydrogens is 477 g/mol. The Balaban J connectivity index is 0.00000420. The molecule has 1 aromatic carbocycles. The predicted molar refractivity (Wildman–Crippen MR) is 132 cm³/mol. The topological polar surface area (TPSA) is 68.8 Å². The quantitative estimate of drug-likeness (QED) is 0.226. The maximum absolute atomic E-state index is 11.9. The number of piperidine rings is 1. The minimum atomic E-state index is -0.361. The van der Waals surface area contributed by atoms with E-state index in [4.69, 9.17) is 0 Å². The van der Waals surface area contributed by atoms with E-state index in [2.05, 4.69) is 63.1 Å². The lowest BCUT2D eigenvalue weighted by molar-refractivity contribution is -0.128. The number of guanidine groups is 1. The zero-order chi connectivity index (χ0) is 20.4. The van der Waals surface area contributed by atoms with Crippen molar-refractivity contribution in [1.82, 2.24) is 20.9 Å². The molecular formula is C22H38IN5O. The molecule has 3 N–H and O–H groups in total. The van der Waals surface area contributed by atoms with Crippen molar-refractivity contribution >= 4 is 35.8 Å². The van der Waals surface area contributed by atoms with Gasteiger partial charge in [0.2, 0.25) is 5.91 Å². The van der Waals surface area contributed by atoms with Gasteiger partial charge in [0.25, 0.3) is 0 Å². The van der Waals surface area contributed by atoms with Gasteiger partial charge < -0.3 is 16.0 Å². The molecule has 0 spiro atoms. The van der Waals surface area contributed by atoms with Crippen LogP contribution in [-0.4, -0.2) is 55.5 Å². The molecule has 1 aliphatic heterocycles. The molecule has 29 heavy (non-hydrogen) atoms. The van der Waals surface area contributed by atoms with E-state index in [0.29, 0.717) is 19.1 Å². The molecule has 6 nitrogen and oxygen atoms in total. The Morgan fingerprint density at radius 3 is 2.38 bits per heavy atom. The number of benzene rings is 1. The second-order valence-electron chi connectivity index (χ2n) is 8.45. The van der Waals surface area contributed by atoms with E-state index in [1.807, 2.05) is 20.8 Å². The second kappa shape index (κ2) is 13.1. The van der Waals surface area contributed by atoms with E-state index in [-0.39, 0.29) is 35.3 Å². The molecule has 0 radical (unpaired) electrons. The molecule has 1 fully saturated rings. The lowest BCUT2D eigenvalue weighted by Gasteiger charge is -2.33. The van der Waals surface area contributed by atoms with E-state index >= 15 is 0 Å². The van der Waals surface area contributed by atoms with Crippen molar-refractivity contribution in [3.05, 3.63) is 35.9 Å². The molecule has 7 heteroatoms. The molecule has 0 unspecified atom stereocenters. The summed E-state index contributed by atoms with van der Waals surface area (Å²) in [6, 6.07) is 11.1. The minimum absolute atomic E-state index is 0. The summed E-state index contributed by atoms with van der Waals surface area (Å²) >= 11 is 0. The molecule has 1 saturated heterocycles. The highest BCUT2D eigenvalue weighted by Gasteiger charge is 2.21. The van der Waals surface area contributed by atoms with Gasteiger partial charge in [-0.15, -0.1) is 24.0 Å². The Morgan fingerprint density at radius 2 is 1.79 bits per heavy atom. The summed E-state index contributed by atoms with van der Waals surface area (Å²) in [5.41, 5.74) is 1.02. The van der Waals surface area contributed by atoms with E-state index in [1.165, 1.54) is 5.56 Å². The van der Waals surface area contributed by atoms with Gasteiger partial charge >= 0.3 is 0 Å². The Labute approximate surface area is 193 Å². The van der Waals surface area contributed by atoms with Crippen molar-refractivity contribution in [2.75, 3.05) is 32.7 Å². The number of aliphatic imine (C=N–C) groups is 1. The third-order valence-electron chi connectivity index (χ3n) is 4.87. The van der Waals surface area contributed by atoms with Gasteiger partial charge in [0.05, 0.1) is 6.54 Å². The Bertz CT molecular complexity index is 622. The molecule has 1 heterocycles. The van der Waals surface area contributed by atoms with Crippen LogP contribution >= 0.6 is 24.0 Å². The number of carbonyl (C=O) groups excluding carboxylic acids is 1. The summed E-state index contributed by atoms with van der Waals surface area (Å²) in [5, 5.41) is 9.82. The van der Waals surface area contributed by atoms with E-state index in [9.17, 15) is 4.79 Å². The van der Waals surface area contributed by atoms with Crippen LogP contribution in [0, 0.1) is 5.41 Å². The number of rotatable bonds is 7. The predicted octanol–water partition coefficient (Wildman–Crippen LogP) is 2.99. The highest BCUT2D eigenvalue weighted by atomic mass is 127. The summed E-state index contributed by atoms with van der Waals surface area (Å²) in [4.78, 5) is 19.0. The van der Waals surface area contributed by atoms with Gasteiger partial charge in [-0.05, 0) is 25.3 Å². The van der Waals surface area contributed by atoms with Gasteiger partial charge in [0.15, 0.2) is 5.96 Å². The first-order valence-corrected chi connectivity index (χ1v) is 10.5. The average molecular weight is 515 g/mol. The number of carbonyl (C=O) groups is 1. The summed E-state index contributed by atoms with van der Waals surface area (Å²) in [6.45, 7) is 13.0. The average Bonchev–Trinajstić information content (AvgIpc) is 2.66. The number of hydrogen-bond acceptors (Lipinski definition) is 3. The first-order chi connectivity index (χ1) is 13.4. The molecule has 0 atom stereocenters. The number of hydrogen-bond donors (Lipinski definition) is 3. The van der Waals surface area contributed by atoms with Gasteiger partial charge in [-0.1, -0.05) is 51.1 Å². The van der Waals surface area contributed by atoms with E-state index in [0.717, 1.165) is 45.0 Å². The van der Waals surface area contributed by atoms with Crippen LogP contribution in [-0.2, 0) is 11.3 Å². The number of nitrogens with zero attached hydrogens (tertiary/aromatic N) is 2. The maximum atomic E-state index is 11.9. The lowest BCUT2D eigenvalue weighted by Crippen LogP contribution is -2.48. The highest BCUT2D eigenvalue weighted by molar-refractivity contribution is 14.0.